The first kappa shape index (κ1) is 12.6. The van der Waals surface area contributed by atoms with Gasteiger partial charge in [-0.25, -0.2) is 0 Å². The fourth-order valence-corrected chi connectivity index (χ4v) is 0.817. The average Bonchev–Trinajstić information content (AvgIpc) is 2.16. The number of rotatable bonds is 6. The fraction of sp³-hybridized carbons (Fsp3) is 0.714. The highest BCUT2D eigenvalue weighted by Crippen LogP contribution is 1.79. The lowest BCUT2D eigenvalue weighted by Crippen LogP contribution is -2.30. The van der Waals surface area contributed by atoms with Crippen molar-refractivity contribution in [2.45, 2.75) is 0 Å². The first-order valence-electron chi connectivity index (χ1n) is 3.81. The van der Waals surface area contributed by atoms with Gasteiger partial charge in [0.05, 0.1) is 11.0 Å². The van der Waals surface area contributed by atoms with Gasteiger partial charge < -0.3 is 15.4 Å². The Bertz CT molecular complexity index is 157. The summed E-state index contributed by atoms with van der Waals surface area (Å²) in [5.74, 6) is -0.190. The van der Waals surface area contributed by atoms with Crippen molar-refractivity contribution in [1.29, 1.82) is 0 Å². The van der Waals surface area contributed by atoms with Gasteiger partial charge in [-0.05, 0) is 0 Å². The summed E-state index contributed by atoms with van der Waals surface area (Å²) in [6.07, 6.45) is 0. The van der Waals surface area contributed by atoms with E-state index in [2.05, 4.69) is 10.6 Å². The number of nitrogens with one attached hydrogen (secondary N) is 2. The van der Waals surface area contributed by atoms with Gasteiger partial charge in [0.1, 0.15) is 6.61 Å². The van der Waals surface area contributed by atoms with Crippen LogP contribution in [0.3, 0.4) is 0 Å². The van der Waals surface area contributed by atoms with E-state index in [1.54, 1.807) is 7.05 Å². The summed E-state index contributed by atoms with van der Waals surface area (Å²) in [4.78, 5) is 21.4. The van der Waals surface area contributed by atoms with E-state index in [1.165, 1.54) is 0 Å². The molecule has 0 spiro atoms. The molecule has 0 aliphatic carbocycles. The zero-order chi connectivity index (χ0) is 10.1. The van der Waals surface area contributed by atoms with Crippen molar-refractivity contribution in [1.82, 2.24) is 10.6 Å². The fourth-order valence-electron chi connectivity index (χ4n) is 0.547. The van der Waals surface area contributed by atoms with E-state index < -0.39 is 0 Å². The molecule has 0 unspecified atom stereocenters. The Morgan fingerprint density at radius 1 is 1.38 bits per heavy atom. The van der Waals surface area contributed by atoms with E-state index >= 15 is 0 Å². The minimum Gasteiger partial charge on any atom is -0.370 e. The molecule has 0 aromatic heterocycles. The molecule has 0 radical (unpaired) electrons. The largest absolute Gasteiger partial charge is 0.370 e. The number of ether oxygens (including phenoxy) is 1. The molecule has 0 aliphatic heterocycles. The summed E-state index contributed by atoms with van der Waals surface area (Å²) in [7, 11) is 1.55. The standard InChI is InChI=1S/C7H13IN2O3/c1-9-7(12)5-13-3-2-10-6(11)4-8/h2-5H2,1H3,(H,9,12)(H,10,11). The molecular weight excluding hydrogens is 287 g/mol. The molecule has 0 heterocycles. The molecule has 2 amide bonds. The number of carbonyl (C=O) groups is 2. The van der Waals surface area contributed by atoms with E-state index in [-0.39, 0.29) is 18.4 Å². The van der Waals surface area contributed by atoms with Gasteiger partial charge in [-0.1, -0.05) is 22.6 Å². The Kier molecular flexibility index (Phi) is 8.00. The van der Waals surface area contributed by atoms with Crippen LogP contribution in [0.1, 0.15) is 0 Å². The van der Waals surface area contributed by atoms with Gasteiger partial charge in [0.15, 0.2) is 0 Å². The molecule has 2 N–H and O–H groups in total. The molecule has 0 atom stereocenters. The number of hydrogen-bond donors (Lipinski definition) is 2. The summed E-state index contributed by atoms with van der Waals surface area (Å²) in [6.45, 7) is 0.839. The molecular formula is C7H13IN2O3. The van der Waals surface area contributed by atoms with Crippen molar-refractivity contribution < 1.29 is 14.3 Å². The van der Waals surface area contributed by atoms with Crippen LogP contribution in [0.4, 0.5) is 0 Å². The predicted octanol–water partition coefficient (Wildman–Crippen LogP) is -0.700. The minimum absolute atomic E-state index is 0.0239. The molecule has 13 heavy (non-hydrogen) atoms. The van der Waals surface area contributed by atoms with Crippen LogP contribution in [0, 0.1) is 0 Å². The van der Waals surface area contributed by atoms with Gasteiger partial charge in [0, 0.05) is 13.6 Å². The maximum Gasteiger partial charge on any atom is 0.245 e. The van der Waals surface area contributed by atoms with Crippen LogP contribution in [0.15, 0.2) is 0 Å². The molecule has 6 heteroatoms. The van der Waals surface area contributed by atoms with E-state index in [4.69, 9.17) is 4.74 Å². The zero-order valence-corrected chi connectivity index (χ0v) is 9.59. The smallest absolute Gasteiger partial charge is 0.245 e. The summed E-state index contributed by atoms with van der Waals surface area (Å²) in [5, 5.41) is 5.04. The van der Waals surface area contributed by atoms with Crippen LogP contribution in [-0.2, 0) is 14.3 Å². The molecule has 0 bridgehead atoms. The maximum absolute atomic E-state index is 10.7. The molecule has 0 rings (SSSR count). The summed E-state index contributed by atoms with van der Waals surface area (Å²) >= 11 is 1.97. The van der Waals surface area contributed by atoms with Crippen LogP contribution in [0.25, 0.3) is 0 Å². The third-order valence-corrected chi connectivity index (χ3v) is 1.89. The summed E-state index contributed by atoms with van der Waals surface area (Å²) in [5.41, 5.74) is 0. The van der Waals surface area contributed by atoms with Crippen LogP contribution < -0.4 is 10.6 Å². The van der Waals surface area contributed by atoms with Gasteiger partial charge in [-0.15, -0.1) is 0 Å². The highest BCUT2D eigenvalue weighted by atomic mass is 127. The molecule has 76 valence electrons. The van der Waals surface area contributed by atoms with Crippen LogP contribution >= 0.6 is 22.6 Å². The van der Waals surface area contributed by atoms with Gasteiger partial charge in [0.25, 0.3) is 0 Å². The van der Waals surface area contributed by atoms with Crippen molar-refractivity contribution in [3.05, 3.63) is 0 Å². The number of alkyl halides is 1. The van der Waals surface area contributed by atoms with Crippen molar-refractivity contribution >= 4 is 34.4 Å². The first-order valence-corrected chi connectivity index (χ1v) is 5.34. The van der Waals surface area contributed by atoms with Crippen LogP contribution in [0.5, 0.6) is 0 Å². The van der Waals surface area contributed by atoms with Crippen molar-refractivity contribution in [3.8, 4) is 0 Å². The predicted molar refractivity (Wildman–Crippen MR) is 56.8 cm³/mol. The number of carbonyl (C=O) groups excluding carboxylic acids is 2. The van der Waals surface area contributed by atoms with E-state index in [0.717, 1.165) is 0 Å². The Labute approximate surface area is 90.7 Å². The Morgan fingerprint density at radius 2 is 2.08 bits per heavy atom. The maximum atomic E-state index is 10.7. The molecule has 0 saturated carbocycles. The van der Waals surface area contributed by atoms with Crippen LogP contribution in [0.2, 0.25) is 0 Å². The first-order chi connectivity index (χ1) is 6.20. The topological polar surface area (TPSA) is 67.4 Å². The van der Waals surface area contributed by atoms with Gasteiger partial charge >= 0.3 is 0 Å². The SMILES string of the molecule is CNC(=O)COCCNC(=O)CI. The normalized spacial score (nSPS) is 9.38. The molecule has 0 fully saturated rings. The number of hydrogen-bond acceptors (Lipinski definition) is 3. The number of halogens is 1. The summed E-state index contributed by atoms with van der Waals surface area (Å²) < 4.78 is 5.39. The molecule has 0 aromatic rings. The van der Waals surface area contributed by atoms with Crippen LogP contribution in [-0.4, -0.2) is 43.0 Å². The Hall–Kier alpha value is -0.370. The third kappa shape index (κ3) is 7.97. The second-order valence-electron chi connectivity index (χ2n) is 2.21. The summed E-state index contributed by atoms with van der Waals surface area (Å²) in [6, 6.07) is 0. The zero-order valence-electron chi connectivity index (χ0n) is 7.43. The minimum atomic E-state index is -0.166. The highest BCUT2D eigenvalue weighted by molar-refractivity contribution is 14.1. The van der Waals surface area contributed by atoms with Crippen molar-refractivity contribution in [2.24, 2.45) is 0 Å². The van der Waals surface area contributed by atoms with Gasteiger partial charge in [-0.2, -0.15) is 0 Å². The van der Waals surface area contributed by atoms with E-state index in [9.17, 15) is 9.59 Å². The van der Waals surface area contributed by atoms with Gasteiger partial charge in [0.2, 0.25) is 11.8 Å². The van der Waals surface area contributed by atoms with Crippen molar-refractivity contribution in [3.63, 3.8) is 0 Å². The molecule has 0 aromatic carbocycles. The lowest BCUT2D eigenvalue weighted by atomic mass is 10.6. The van der Waals surface area contributed by atoms with Crippen molar-refractivity contribution in [2.75, 3.05) is 31.2 Å². The quantitative estimate of drug-likeness (QED) is 0.387. The molecule has 0 aliphatic rings. The molecule has 5 nitrogen and oxygen atoms in total. The third-order valence-electron chi connectivity index (χ3n) is 1.20. The molecule has 0 saturated heterocycles. The van der Waals surface area contributed by atoms with Gasteiger partial charge in [-0.3, -0.25) is 9.59 Å². The second-order valence-corrected chi connectivity index (χ2v) is 2.97. The van der Waals surface area contributed by atoms with E-state index in [1.807, 2.05) is 22.6 Å². The lowest BCUT2D eigenvalue weighted by Gasteiger charge is -2.03. The monoisotopic (exact) mass is 300 g/mol. The Morgan fingerprint density at radius 3 is 2.62 bits per heavy atom. The highest BCUT2D eigenvalue weighted by Gasteiger charge is 1.98. The number of likely N-dealkylation sites (N-methyl/N-ethyl adjacent to an activating group) is 1. The number of amides is 2. The second kappa shape index (κ2) is 8.24. The Balaban J connectivity index is 3.17. The van der Waals surface area contributed by atoms with E-state index in [0.29, 0.717) is 17.6 Å². The average molecular weight is 300 g/mol. The lowest BCUT2D eigenvalue weighted by molar-refractivity contribution is -0.125.